The number of pyridine rings is 1. The van der Waals surface area contributed by atoms with Gasteiger partial charge in [0, 0.05) is 31.4 Å². The molecule has 0 aromatic carbocycles. The second kappa shape index (κ2) is 3.24. The van der Waals surface area contributed by atoms with Gasteiger partial charge in [-0.25, -0.2) is 4.98 Å². The zero-order chi connectivity index (χ0) is 10.2. The SMILES string of the molecule is CC1(C)CN(c2ncccc2CN)C1. The van der Waals surface area contributed by atoms with Gasteiger partial charge in [-0.15, -0.1) is 0 Å². The molecule has 1 aliphatic heterocycles. The Hall–Kier alpha value is -1.09. The molecule has 3 nitrogen and oxygen atoms in total. The van der Waals surface area contributed by atoms with Crippen LogP contribution in [-0.2, 0) is 6.54 Å². The molecule has 0 unspecified atom stereocenters. The van der Waals surface area contributed by atoms with Crippen LogP contribution in [0.4, 0.5) is 5.82 Å². The standard InChI is InChI=1S/C11H17N3/c1-11(2)7-14(8-11)10-9(6-12)4-3-5-13-10/h3-5H,6-8,12H2,1-2H3. The molecule has 3 heteroatoms. The maximum absolute atomic E-state index is 5.67. The van der Waals surface area contributed by atoms with Crippen LogP contribution in [0.1, 0.15) is 19.4 Å². The van der Waals surface area contributed by atoms with Gasteiger partial charge in [0.25, 0.3) is 0 Å². The summed E-state index contributed by atoms with van der Waals surface area (Å²) in [4.78, 5) is 6.68. The van der Waals surface area contributed by atoms with Gasteiger partial charge < -0.3 is 10.6 Å². The van der Waals surface area contributed by atoms with Gasteiger partial charge in [-0.2, -0.15) is 0 Å². The summed E-state index contributed by atoms with van der Waals surface area (Å²) < 4.78 is 0. The quantitative estimate of drug-likeness (QED) is 0.768. The van der Waals surface area contributed by atoms with E-state index in [1.165, 1.54) is 0 Å². The predicted molar refractivity (Wildman–Crippen MR) is 58.1 cm³/mol. The Labute approximate surface area is 84.9 Å². The first kappa shape index (κ1) is 9.46. The van der Waals surface area contributed by atoms with E-state index in [2.05, 4.69) is 23.7 Å². The lowest BCUT2D eigenvalue weighted by Gasteiger charge is -2.47. The number of nitrogens with zero attached hydrogens (tertiary/aromatic N) is 2. The van der Waals surface area contributed by atoms with E-state index < -0.39 is 0 Å². The van der Waals surface area contributed by atoms with Crippen molar-refractivity contribution in [2.24, 2.45) is 11.1 Å². The molecule has 0 aliphatic carbocycles. The molecule has 2 rings (SSSR count). The molecule has 1 aromatic rings. The van der Waals surface area contributed by atoms with Crippen LogP contribution in [0, 0.1) is 5.41 Å². The maximum atomic E-state index is 5.67. The van der Waals surface area contributed by atoms with Gasteiger partial charge >= 0.3 is 0 Å². The lowest BCUT2D eigenvalue weighted by molar-refractivity contribution is 0.274. The van der Waals surface area contributed by atoms with E-state index in [-0.39, 0.29) is 0 Å². The van der Waals surface area contributed by atoms with Crippen molar-refractivity contribution in [1.82, 2.24) is 4.98 Å². The molecule has 1 aromatic heterocycles. The van der Waals surface area contributed by atoms with Gasteiger partial charge in [-0.1, -0.05) is 19.9 Å². The van der Waals surface area contributed by atoms with Crippen molar-refractivity contribution >= 4 is 5.82 Å². The maximum Gasteiger partial charge on any atom is 0.133 e. The van der Waals surface area contributed by atoms with Crippen LogP contribution in [0.2, 0.25) is 0 Å². The van der Waals surface area contributed by atoms with Crippen LogP contribution >= 0.6 is 0 Å². The highest BCUT2D eigenvalue weighted by atomic mass is 15.3. The normalized spacial score (nSPS) is 19.2. The molecule has 0 atom stereocenters. The minimum atomic E-state index is 0.434. The van der Waals surface area contributed by atoms with Crippen molar-refractivity contribution in [3.8, 4) is 0 Å². The molecular weight excluding hydrogens is 174 g/mol. The van der Waals surface area contributed by atoms with Crippen molar-refractivity contribution in [1.29, 1.82) is 0 Å². The minimum Gasteiger partial charge on any atom is -0.355 e. The Balaban J connectivity index is 2.18. The highest BCUT2D eigenvalue weighted by Crippen LogP contribution is 2.33. The van der Waals surface area contributed by atoms with Crippen molar-refractivity contribution in [3.05, 3.63) is 23.9 Å². The molecule has 2 heterocycles. The van der Waals surface area contributed by atoms with E-state index in [9.17, 15) is 0 Å². The van der Waals surface area contributed by atoms with Crippen molar-refractivity contribution in [3.63, 3.8) is 0 Å². The number of nitrogens with two attached hydrogens (primary N) is 1. The molecule has 1 fully saturated rings. The smallest absolute Gasteiger partial charge is 0.133 e. The van der Waals surface area contributed by atoms with E-state index in [0.717, 1.165) is 24.5 Å². The fraction of sp³-hybridized carbons (Fsp3) is 0.545. The highest BCUT2D eigenvalue weighted by Gasteiger charge is 2.35. The second-order valence-corrected chi connectivity index (χ2v) is 4.71. The summed E-state index contributed by atoms with van der Waals surface area (Å²) in [5, 5.41) is 0. The molecule has 1 saturated heterocycles. The Kier molecular flexibility index (Phi) is 2.19. The first-order chi connectivity index (χ1) is 6.62. The zero-order valence-corrected chi connectivity index (χ0v) is 8.83. The summed E-state index contributed by atoms with van der Waals surface area (Å²) in [5.74, 6) is 1.06. The van der Waals surface area contributed by atoms with Gasteiger partial charge in [-0.05, 0) is 11.5 Å². The monoisotopic (exact) mass is 191 g/mol. The van der Waals surface area contributed by atoms with Crippen molar-refractivity contribution in [2.45, 2.75) is 20.4 Å². The lowest BCUT2D eigenvalue weighted by Crippen LogP contribution is -2.53. The summed E-state index contributed by atoms with van der Waals surface area (Å²) in [6, 6.07) is 3.99. The third-order valence-corrected chi connectivity index (χ3v) is 2.62. The summed E-state index contributed by atoms with van der Waals surface area (Å²) in [6.07, 6.45) is 1.83. The van der Waals surface area contributed by atoms with Crippen LogP contribution in [0.5, 0.6) is 0 Å². The summed E-state index contributed by atoms with van der Waals surface area (Å²) >= 11 is 0. The lowest BCUT2D eigenvalue weighted by atomic mass is 9.84. The van der Waals surface area contributed by atoms with Gasteiger partial charge in [0.1, 0.15) is 5.82 Å². The molecule has 0 radical (unpaired) electrons. The van der Waals surface area contributed by atoms with E-state index in [0.29, 0.717) is 12.0 Å². The van der Waals surface area contributed by atoms with Gasteiger partial charge in [0.2, 0.25) is 0 Å². The largest absolute Gasteiger partial charge is 0.355 e. The Morgan fingerprint density at radius 2 is 2.21 bits per heavy atom. The third-order valence-electron chi connectivity index (χ3n) is 2.62. The predicted octanol–water partition coefficient (Wildman–Crippen LogP) is 1.39. The summed E-state index contributed by atoms with van der Waals surface area (Å²) in [6.45, 7) is 7.28. The van der Waals surface area contributed by atoms with Gasteiger partial charge in [-0.3, -0.25) is 0 Å². The second-order valence-electron chi connectivity index (χ2n) is 4.71. The van der Waals surface area contributed by atoms with E-state index >= 15 is 0 Å². The molecular formula is C11H17N3. The van der Waals surface area contributed by atoms with Gasteiger partial charge in [0.05, 0.1) is 0 Å². The first-order valence-electron chi connectivity index (χ1n) is 5.01. The molecule has 0 saturated carbocycles. The van der Waals surface area contributed by atoms with E-state index in [4.69, 9.17) is 5.73 Å². The molecule has 0 bridgehead atoms. The van der Waals surface area contributed by atoms with E-state index in [1.807, 2.05) is 18.3 Å². The number of hydrogen-bond donors (Lipinski definition) is 1. The number of rotatable bonds is 2. The third kappa shape index (κ3) is 1.60. The highest BCUT2D eigenvalue weighted by molar-refractivity contribution is 5.49. The van der Waals surface area contributed by atoms with Crippen molar-refractivity contribution in [2.75, 3.05) is 18.0 Å². The molecule has 0 amide bonds. The first-order valence-corrected chi connectivity index (χ1v) is 5.01. The summed E-state index contributed by atoms with van der Waals surface area (Å²) in [5.41, 5.74) is 7.24. The number of anilines is 1. The van der Waals surface area contributed by atoms with E-state index in [1.54, 1.807) is 0 Å². The van der Waals surface area contributed by atoms with Crippen LogP contribution in [0.25, 0.3) is 0 Å². The molecule has 14 heavy (non-hydrogen) atoms. The molecule has 76 valence electrons. The Morgan fingerprint density at radius 3 is 2.79 bits per heavy atom. The average molecular weight is 191 g/mol. The number of aromatic nitrogens is 1. The minimum absolute atomic E-state index is 0.434. The molecule has 2 N–H and O–H groups in total. The summed E-state index contributed by atoms with van der Waals surface area (Å²) in [7, 11) is 0. The Bertz CT molecular complexity index is 325. The van der Waals surface area contributed by atoms with Crippen molar-refractivity contribution < 1.29 is 0 Å². The van der Waals surface area contributed by atoms with Crippen LogP contribution in [0.3, 0.4) is 0 Å². The van der Waals surface area contributed by atoms with Gasteiger partial charge in [0.15, 0.2) is 0 Å². The average Bonchev–Trinajstić information content (AvgIpc) is 2.14. The molecule has 0 spiro atoms. The van der Waals surface area contributed by atoms with Crippen LogP contribution < -0.4 is 10.6 Å². The number of hydrogen-bond acceptors (Lipinski definition) is 3. The topological polar surface area (TPSA) is 42.2 Å². The van der Waals surface area contributed by atoms with Crippen LogP contribution in [0.15, 0.2) is 18.3 Å². The fourth-order valence-corrected chi connectivity index (χ4v) is 2.01. The van der Waals surface area contributed by atoms with Crippen LogP contribution in [-0.4, -0.2) is 18.1 Å². The zero-order valence-electron chi connectivity index (χ0n) is 8.83. The Morgan fingerprint density at radius 1 is 1.50 bits per heavy atom. The molecule has 1 aliphatic rings. The fourth-order valence-electron chi connectivity index (χ4n) is 2.01.